The zero-order valence-electron chi connectivity index (χ0n) is 9.52. The fourth-order valence-corrected chi connectivity index (χ4v) is 1.80. The average Bonchev–Trinajstić information content (AvgIpc) is 2.35. The Morgan fingerprint density at radius 2 is 2.00 bits per heavy atom. The van der Waals surface area contributed by atoms with Gasteiger partial charge in [0, 0.05) is 0 Å². The van der Waals surface area contributed by atoms with E-state index in [0.717, 1.165) is 11.1 Å². The molecule has 2 rings (SSSR count). The van der Waals surface area contributed by atoms with Crippen molar-refractivity contribution in [1.82, 2.24) is 10.4 Å². The summed E-state index contributed by atoms with van der Waals surface area (Å²) in [6.45, 7) is 2.00. The highest BCUT2D eigenvalue weighted by Crippen LogP contribution is 2.22. The molecule has 0 aliphatic rings. The number of hydrogen-bond acceptors (Lipinski definition) is 3. The van der Waals surface area contributed by atoms with Crippen LogP contribution in [0.1, 0.15) is 22.9 Å². The van der Waals surface area contributed by atoms with E-state index in [1.165, 1.54) is 12.3 Å². The van der Waals surface area contributed by atoms with Crippen LogP contribution >= 0.6 is 0 Å². The molecule has 1 heterocycles. The third-order valence-electron chi connectivity index (χ3n) is 2.71. The molecule has 0 saturated carbocycles. The quantitative estimate of drug-likeness (QED) is 0.628. The van der Waals surface area contributed by atoms with Crippen LogP contribution in [0.15, 0.2) is 42.6 Å². The van der Waals surface area contributed by atoms with Crippen LogP contribution in [0.5, 0.6) is 0 Å². The van der Waals surface area contributed by atoms with Gasteiger partial charge in [-0.3, -0.25) is 10.8 Å². The summed E-state index contributed by atoms with van der Waals surface area (Å²) < 4.78 is 12.8. The van der Waals surface area contributed by atoms with Crippen LogP contribution in [-0.4, -0.2) is 4.98 Å². The highest BCUT2D eigenvalue weighted by atomic mass is 19.1. The smallest absolute Gasteiger partial charge is 0.141 e. The Labute approximate surface area is 99.5 Å². The fraction of sp³-hybridized carbons (Fsp3) is 0.154. The highest BCUT2D eigenvalue weighted by molar-refractivity contribution is 5.34. The standard InChI is InChI=1S/C13H14FN3/c1-9-4-2-3-5-11(9)13(17-15)12-7-6-10(14)8-16-12/h2-8,13,17H,15H2,1H3. The third-order valence-corrected chi connectivity index (χ3v) is 2.71. The van der Waals surface area contributed by atoms with E-state index >= 15 is 0 Å². The second-order valence-corrected chi connectivity index (χ2v) is 3.86. The average molecular weight is 231 g/mol. The molecule has 17 heavy (non-hydrogen) atoms. The van der Waals surface area contributed by atoms with E-state index in [9.17, 15) is 4.39 Å². The van der Waals surface area contributed by atoms with Crippen LogP contribution in [0.2, 0.25) is 0 Å². The fourth-order valence-electron chi connectivity index (χ4n) is 1.80. The first-order valence-electron chi connectivity index (χ1n) is 5.35. The van der Waals surface area contributed by atoms with Crippen molar-refractivity contribution in [3.63, 3.8) is 0 Å². The van der Waals surface area contributed by atoms with Crippen molar-refractivity contribution in [3.05, 3.63) is 65.2 Å². The molecule has 0 aliphatic heterocycles. The van der Waals surface area contributed by atoms with Crippen LogP contribution in [0.25, 0.3) is 0 Å². The Morgan fingerprint density at radius 3 is 2.59 bits per heavy atom. The van der Waals surface area contributed by atoms with Gasteiger partial charge in [-0.2, -0.15) is 0 Å². The van der Waals surface area contributed by atoms with Crippen molar-refractivity contribution in [2.24, 2.45) is 5.84 Å². The first-order valence-corrected chi connectivity index (χ1v) is 5.35. The van der Waals surface area contributed by atoms with Crippen LogP contribution in [-0.2, 0) is 0 Å². The van der Waals surface area contributed by atoms with Gasteiger partial charge in [-0.15, -0.1) is 0 Å². The maximum atomic E-state index is 12.8. The summed E-state index contributed by atoms with van der Waals surface area (Å²) in [5.74, 6) is 5.21. The van der Waals surface area contributed by atoms with Gasteiger partial charge >= 0.3 is 0 Å². The molecule has 3 nitrogen and oxygen atoms in total. The molecule has 2 aromatic rings. The number of hydrazine groups is 1. The van der Waals surface area contributed by atoms with Gasteiger partial charge in [-0.25, -0.2) is 9.82 Å². The topological polar surface area (TPSA) is 50.9 Å². The molecule has 1 unspecified atom stereocenters. The van der Waals surface area contributed by atoms with E-state index in [2.05, 4.69) is 10.4 Å². The lowest BCUT2D eigenvalue weighted by Crippen LogP contribution is -2.30. The van der Waals surface area contributed by atoms with Crippen LogP contribution in [0.3, 0.4) is 0 Å². The van der Waals surface area contributed by atoms with Crippen molar-refractivity contribution in [2.75, 3.05) is 0 Å². The van der Waals surface area contributed by atoms with Crippen LogP contribution < -0.4 is 11.3 Å². The number of benzene rings is 1. The minimum Gasteiger partial charge on any atom is -0.271 e. The number of rotatable bonds is 3. The molecule has 1 aromatic heterocycles. The zero-order valence-corrected chi connectivity index (χ0v) is 9.52. The number of nitrogens with zero attached hydrogens (tertiary/aromatic N) is 1. The van der Waals surface area contributed by atoms with Gasteiger partial charge in [0.15, 0.2) is 0 Å². The Morgan fingerprint density at radius 1 is 1.24 bits per heavy atom. The van der Waals surface area contributed by atoms with Crippen molar-refractivity contribution < 1.29 is 4.39 Å². The molecular weight excluding hydrogens is 217 g/mol. The molecule has 4 heteroatoms. The number of pyridine rings is 1. The SMILES string of the molecule is Cc1ccccc1C(NN)c1ccc(F)cn1. The summed E-state index contributed by atoms with van der Waals surface area (Å²) in [5, 5.41) is 0. The lowest BCUT2D eigenvalue weighted by molar-refractivity contribution is 0.595. The molecular formula is C13H14FN3. The zero-order chi connectivity index (χ0) is 12.3. The maximum Gasteiger partial charge on any atom is 0.141 e. The summed E-state index contributed by atoms with van der Waals surface area (Å²) in [4.78, 5) is 4.05. The Hall–Kier alpha value is -1.78. The van der Waals surface area contributed by atoms with Crippen molar-refractivity contribution in [2.45, 2.75) is 13.0 Å². The predicted octanol–water partition coefficient (Wildman–Crippen LogP) is 2.08. The van der Waals surface area contributed by atoms with E-state index in [1.54, 1.807) is 6.07 Å². The number of nitrogens with two attached hydrogens (primary N) is 1. The van der Waals surface area contributed by atoms with E-state index in [-0.39, 0.29) is 11.9 Å². The minimum absolute atomic E-state index is 0.225. The van der Waals surface area contributed by atoms with Gasteiger partial charge < -0.3 is 0 Å². The summed E-state index contributed by atoms with van der Waals surface area (Å²) in [6, 6.07) is 10.7. The van der Waals surface area contributed by atoms with E-state index in [4.69, 9.17) is 5.84 Å². The monoisotopic (exact) mass is 231 g/mol. The third kappa shape index (κ3) is 2.49. The van der Waals surface area contributed by atoms with Gasteiger partial charge in [0.2, 0.25) is 0 Å². The highest BCUT2D eigenvalue weighted by Gasteiger charge is 2.15. The molecule has 1 atom stereocenters. The number of nitrogens with one attached hydrogen (secondary N) is 1. The molecule has 0 fully saturated rings. The number of halogens is 1. The first-order chi connectivity index (χ1) is 8.22. The Kier molecular flexibility index (Phi) is 3.46. The molecule has 0 bridgehead atoms. The summed E-state index contributed by atoms with van der Waals surface area (Å²) in [6.07, 6.45) is 1.19. The number of aryl methyl sites for hydroxylation is 1. The lowest BCUT2D eigenvalue weighted by Gasteiger charge is -2.17. The normalized spacial score (nSPS) is 12.4. The van der Waals surface area contributed by atoms with Crippen molar-refractivity contribution in [3.8, 4) is 0 Å². The van der Waals surface area contributed by atoms with E-state index in [1.807, 2.05) is 31.2 Å². The largest absolute Gasteiger partial charge is 0.271 e. The minimum atomic E-state index is -0.352. The second-order valence-electron chi connectivity index (χ2n) is 3.86. The van der Waals surface area contributed by atoms with Gasteiger partial charge in [0.05, 0.1) is 17.9 Å². The second kappa shape index (κ2) is 5.03. The van der Waals surface area contributed by atoms with Gasteiger partial charge in [0.25, 0.3) is 0 Å². The van der Waals surface area contributed by atoms with Crippen molar-refractivity contribution >= 4 is 0 Å². The van der Waals surface area contributed by atoms with Gasteiger partial charge in [-0.05, 0) is 30.2 Å². The summed E-state index contributed by atoms with van der Waals surface area (Å²) in [7, 11) is 0. The van der Waals surface area contributed by atoms with Crippen molar-refractivity contribution in [1.29, 1.82) is 0 Å². The molecule has 3 N–H and O–H groups in total. The van der Waals surface area contributed by atoms with Gasteiger partial charge in [-0.1, -0.05) is 24.3 Å². The Bertz CT molecular complexity index is 496. The molecule has 88 valence electrons. The molecule has 0 radical (unpaired) electrons. The molecule has 0 saturated heterocycles. The van der Waals surface area contributed by atoms with Crippen LogP contribution in [0, 0.1) is 12.7 Å². The number of aromatic nitrogens is 1. The summed E-state index contributed by atoms with van der Waals surface area (Å²) >= 11 is 0. The summed E-state index contributed by atoms with van der Waals surface area (Å²) in [5.41, 5.74) is 5.56. The predicted molar refractivity (Wildman–Crippen MR) is 64.5 cm³/mol. The van der Waals surface area contributed by atoms with E-state index < -0.39 is 0 Å². The Balaban J connectivity index is 2.40. The van der Waals surface area contributed by atoms with Crippen LogP contribution in [0.4, 0.5) is 4.39 Å². The molecule has 0 aliphatic carbocycles. The number of hydrogen-bond donors (Lipinski definition) is 2. The van der Waals surface area contributed by atoms with Gasteiger partial charge in [0.1, 0.15) is 5.82 Å². The maximum absolute atomic E-state index is 12.8. The van der Waals surface area contributed by atoms with E-state index in [0.29, 0.717) is 5.69 Å². The first kappa shape index (κ1) is 11.7. The molecule has 0 amide bonds. The molecule has 0 spiro atoms. The lowest BCUT2D eigenvalue weighted by atomic mass is 9.99. The molecule has 1 aromatic carbocycles.